The lowest BCUT2D eigenvalue weighted by atomic mass is 9.96. The largest absolute Gasteiger partial charge is 0.457 e. The lowest BCUT2D eigenvalue weighted by Crippen LogP contribution is -2.35. The van der Waals surface area contributed by atoms with Crippen LogP contribution in [0.3, 0.4) is 0 Å². The van der Waals surface area contributed by atoms with E-state index in [1.54, 1.807) is 11.0 Å². The van der Waals surface area contributed by atoms with Crippen LogP contribution in [0.2, 0.25) is 0 Å². The second kappa shape index (κ2) is 4.88. The zero-order valence-electron chi connectivity index (χ0n) is 10.9. The highest BCUT2D eigenvalue weighted by Gasteiger charge is 2.29. The SMILES string of the molecule is C=C1C=Cc2ccc(N3CCN(BC=O)C3=O)cc2O1. The van der Waals surface area contributed by atoms with Gasteiger partial charge in [0.15, 0.2) is 0 Å². The van der Waals surface area contributed by atoms with Crippen molar-refractivity contribution in [3.63, 3.8) is 0 Å². The molecule has 1 aromatic carbocycles. The van der Waals surface area contributed by atoms with Crippen LogP contribution in [-0.4, -0.2) is 37.5 Å². The molecule has 1 saturated heterocycles. The lowest BCUT2D eigenvalue weighted by molar-refractivity contribution is 0.240. The zero-order chi connectivity index (χ0) is 14.1. The molecule has 0 radical (unpaired) electrons. The summed E-state index contributed by atoms with van der Waals surface area (Å²) in [6.07, 6.45) is 4.47. The van der Waals surface area contributed by atoms with Gasteiger partial charge in [-0.3, -0.25) is 4.90 Å². The van der Waals surface area contributed by atoms with Crippen LogP contribution in [0.1, 0.15) is 5.56 Å². The second-order valence-corrected chi connectivity index (χ2v) is 4.67. The maximum absolute atomic E-state index is 12.1. The minimum absolute atomic E-state index is 0.135. The van der Waals surface area contributed by atoms with E-state index in [0.717, 1.165) is 17.4 Å². The third kappa shape index (κ3) is 2.09. The van der Waals surface area contributed by atoms with Crippen molar-refractivity contribution in [2.45, 2.75) is 0 Å². The van der Waals surface area contributed by atoms with Crippen molar-refractivity contribution in [3.05, 3.63) is 42.2 Å². The van der Waals surface area contributed by atoms with Crippen LogP contribution < -0.4 is 9.64 Å². The predicted octanol–water partition coefficient (Wildman–Crippen LogP) is 1.39. The Morgan fingerprint density at radius 1 is 1.30 bits per heavy atom. The highest BCUT2D eigenvalue weighted by Crippen LogP contribution is 2.32. The second-order valence-electron chi connectivity index (χ2n) is 4.67. The van der Waals surface area contributed by atoms with Gasteiger partial charge in [0.2, 0.25) is 0 Å². The van der Waals surface area contributed by atoms with Crippen LogP contribution in [0, 0.1) is 0 Å². The van der Waals surface area contributed by atoms with E-state index in [-0.39, 0.29) is 13.4 Å². The molecule has 0 aliphatic carbocycles. The maximum atomic E-state index is 12.1. The van der Waals surface area contributed by atoms with Crippen molar-refractivity contribution in [3.8, 4) is 5.75 Å². The van der Waals surface area contributed by atoms with Gasteiger partial charge in [-0.05, 0) is 24.3 Å². The number of carbonyl (C=O) groups excluding carboxylic acids is 2. The number of amides is 2. The first-order chi connectivity index (χ1) is 9.69. The monoisotopic (exact) mass is 268 g/mol. The number of hydrogen-bond acceptors (Lipinski definition) is 3. The summed E-state index contributed by atoms with van der Waals surface area (Å²) in [6, 6.07) is 5.46. The summed E-state index contributed by atoms with van der Waals surface area (Å²) in [6.45, 7) is 4.88. The molecular formula is C14H13BN2O3. The third-order valence-corrected chi connectivity index (χ3v) is 3.39. The molecule has 20 heavy (non-hydrogen) atoms. The van der Waals surface area contributed by atoms with Crippen LogP contribution in [0.25, 0.3) is 6.08 Å². The molecule has 0 aromatic heterocycles. The standard InChI is InChI=1S/C14H13BN2O3/c1-10-2-3-11-4-5-12(8-13(11)20-10)16-6-7-17(14(16)19)15-9-18/h2-5,8-9,15H,1,6-7H2. The smallest absolute Gasteiger partial charge is 0.315 e. The Kier molecular flexibility index (Phi) is 3.06. The van der Waals surface area contributed by atoms with E-state index in [4.69, 9.17) is 4.74 Å². The highest BCUT2D eigenvalue weighted by atomic mass is 16.5. The molecule has 2 heterocycles. The van der Waals surface area contributed by atoms with Gasteiger partial charge in [0.05, 0.1) is 0 Å². The fraction of sp³-hybridized carbons (Fsp3) is 0.143. The molecule has 100 valence electrons. The topological polar surface area (TPSA) is 49.9 Å². The quantitative estimate of drug-likeness (QED) is 0.614. The van der Waals surface area contributed by atoms with E-state index >= 15 is 0 Å². The summed E-state index contributed by atoms with van der Waals surface area (Å²) in [5, 5.41) is 0. The molecule has 1 aromatic rings. The average molecular weight is 268 g/mol. The molecular weight excluding hydrogens is 255 g/mol. The van der Waals surface area contributed by atoms with Crippen molar-refractivity contribution in [1.82, 2.24) is 4.81 Å². The molecule has 0 bridgehead atoms. The number of hydrogen-bond donors (Lipinski definition) is 0. The highest BCUT2D eigenvalue weighted by molar-refractivity contribution is 6.66. The molecule has 2 amide bonds. The summed E-state index contributed by atoms with van der Waals surface area (Å²) in [7, 11) is 0.135. The van der Waals surface area contributed by atoms with E-state index in [2.05, 4.69) is 6.58 Å². The molecule has 3 rings (SSSR count). The van der Waals surface area contributed by atoms with Gasteiger partial charge in [-0.1, -0.05) is 6.58 Å². The Labute approximate surface area is 117 Å². The van der Waals surface area contributed by atoms with E-state index in [1.807, 2.05) is 24.3 Å². The van der Waals surface area contributed by atoms with E-state index in [0.29, 0.717) is 24.6 Å². The van der Waals surface area contributed by atoms with Crippen molar-refractivity contribution >= 4 is 31.4 Å². The van der Waals surface area contributed by atoms with Gasteiger partial charge in [-0.25, -0.2) is 4.79 Å². The maximum Gasteiger partial charge on any atom is 0.315 e. The number of rotatable bonds is 3. The summed E-state index contributed by atoms with van der Waals surface area (Å²) < 4.78 is 5.55. The van der Waals surface area contributed by atoms with Crippen LogP contribution in [0.15, 0.2) is 36.6 Å². The van der Waals surface area contributed by atoms with Gasteiger partial charge in [-0.15, -0.1) is 0 Å². The molecule has 0 spiro atoms. The van der Waals surface area contributed by atoms with Crippen molar-refractivity contribution in [2.75, 3.05) is 18.0 Å². The van der Waals surface area contributed by atoms with Crippen molar-refractivity contribution < 1.29 is 14.3 Å². The number of ether oxygens (including phenoxy) is 1. The number of fused-ring (bicyclic) bond motifs is 1. The number of carbonyl (C=O) groups is 2. The third-order valence-electron chi connectivity index (χ3n) is 3.39. The first-order valence-corrected chi connectivity index (χ1v) is 6.38. The van der Waals surface area contributed by atoms with Gasteiger partial charge in [0, 0.05) is 30.4 Å². The number of anilines is 1. The fourth-order valence-corrected chi connectivity index (χ4v) is 2.36. The Morgan fingerprint density at radius 3 is 2.95 bits per heavy atom. The summed E-state index contributed by atoms with van der Waals surface area (Å²) in [4.78, 5) is 25.8. The fourth-order valence-electron chi connectivity index (χ4n) is 2.36. The Balaban J connectivity index is 1.87. The number of urea groups is 1. The molecule has 1 fully saturated rings. The molecule has 0 atom stereocenters. The molecule has 0 N–H and O–H groups in total. The summed E-state index contributed by atoms with van der Waals surface area (Å²) in [5.74, 6) is 1.27. The van der Waals surface area contributed by atoms with Gasteiger partial charge >= 0.3 is 13.4 Å². The summed E-state index contributed by atoms with van der Waals surface area (Å²) in [5.41, 5.74) is 1.72. The van der Waals surface area contributed by atoms with Gasteiger partial charge < -0.3 is 14.3 Å². The number of nitrogens with zero attached hydrogens (tertiary/aromatic N) is 2. The first kappa shape index (κ1) is 12.5. The van der Waals surface area contributed by atoms with Crippen molar-refractivity contribution in [2.24, 2.45) is 0 Å². The Morgan fingerprint density at radius 2 is 2.15 bits per heavy atom. The minimum atomic E-state index is -0.151. The van der Waals surface area contributed by atoms with Gasteiger partial charge in [-0.2, -0.15) is 0 Å². The van der Waals surface area contributed by atoms with Gasteiger partial charge in [0.25, 0.3) is 0 Å². The lowest BCUT2D eigenvalue weighted by Gasteiger charge is -2.20. The van der Waals surface area contributed by atoms with E-state index < -0.39 is 0 Å². The first-order valence-electron chi connectivity index (χ1n) is 6.38. The number of benzene rings is 1. The van der Waals surface area contributed by atoms with Crippen LogP contribution in [-0.2, 0) is 4.79 Å². The van der Waals surface area contributed by atoms with E-state index in [9.17, 15) is 9.59 Å². The van der Waals surface area contributed by atoms with E-state index in [1.165, 1.54) is 4.81 Å². The molecule has 5 nitrogen and oxygen atoms in total. The van der Waals surface area contributed by atoms with Crippen LogP contribution in [0.5, 0.6) is 5.75 Å². The molecule has 0 unspecified atom stereocenters. The average Bonchev–Trinajstić information content (AvgIpc) is 2.80. The molecule has 0 saturated carbocycles. The minimum Gasteiger partial charge on any atom is -0.457 e. The van der Waals surface area contributed by atoms with Crippen molar-refractivity contribution in [1.29, 1.82) is 0 Å². The Hall–Kier alpha value is -2.50. The summed E-state index contributed by atoms with van der Waals surface area (Å²) >= 11 is 0. The zero-order valence-corrected chi connectivity index (χ0v) is 10.9. The van der Waals surface area contributed by atoms with Crippen LogP contribution in [0.4, 0.5) is 10.5 Å². The van der Waals surface area contributed by atoms with Crippen LogP contribution >= 0.6 is 0 Å². The predicted molar refractivity (Wildman–Crippen MR) is 78.6 cm³/mol. The molecule has 2 aliphatic rings. The van der Waals surface area contributed by atoms with Gasteiger partial charge in [0.1, 0.15) is 17.7 Å². The molecule has 2 aliphatic heterocycles. The Bertz CT molecular complexity index is 627. The number of allylic oxidation sites excluding steroid dienone is 1. The molecule has 6 heteroatoms. The normalized spacial score (nSPS) is 17.0.